The molecule has 0 spiro atoms. The lowest BCUT2D eigenvalue weighted by molar-refractivity contribution is -0.117. The van der Waals surface area contributed by atoms with E-state index in [9.17, 15) is 9.59 Å². The summed E-state index contributed by atoms with van der Waals surface area (Å²) in [6, 6.07) is 7.80. The van der Waals surface area contributed by atoms with Crippen LogP contribution in [0.15, 0.2) is 42.9 Å². The number of hydrogen-bond acceptors (Lipinski definition) is 4. The Kier molecular flexibility index (Phi) is 2.89. The van der Waals surface area contributed by atoms with Crippen molar-refractivity contribution in [2.45, 2.75) is 18.9 Å². The molecule has 1 aliphatic carbocycles. The van der Waals surface area contributed by atoms with Crippen molar-refractivity contribution in [3.05, 3.63) is 48.5 Å². The van der Waals surface area contributed by atoms with Crippen LogP contribution in [0.5, 0.6) is 0 Å². The second kappa shape index (κ2) is 4.91. The van der Waals surface area contributed by atoms with E-state index in [1.165, 1.54) is 23.5 Å². The van der Waals surface area contributed by atoms with Gasteiger partial charge in [0.25, 0.3) is 5.91 Å². The third kappa shape index (κ3) is 2.04. The molecule has 6 heteroatoms. The number of amides is 2. The Bertz CT molecular complexity index is 743. The Balaban J connectivity index is 1.76. The van der Waals surface area contributed by atoms with E-state index < -0.39 is 0 Å². The molecule has 0 N–H and O–H groups in total. The minimum atomic E-state index is -0.302. The van der Waals surface area contributed by atoms with Gasteiger partial charge in [0.15, 0.2) is 0 Å². The molecular formula is C16H14N4O2. The summed E-state index contributed by atoms with van der Waals surface area (Å²) in [5.74, 6) is -0.345. The Hall–Kier alpha value is -2.76. The normalized spacial score (nSPS) is 17.4. The summed E-state index contributed by atoms with van der Waals surface area (Å²) in [6.45, 7) is 0.0446. The molecule has 0 radical (unpaired) electrons. The molecule has 2 amide bonds. The molecule has 2 aliphatic rings. The van der Waals surface area contributed by atoms with Gasteiger partial charge in [0.05, 0.1) is 17.6 Å². The molecule has 4 rings (SSSR count). The quantitative estimate of drug-likeness (QED) is 0.844. The fourth-order valence-electron chi connectivity index (χ4n) is 2.79. The third-order valence-corrected chi connectivity index (χ3v) is 3.93. The first-order chi connectivity index (χ1) is 10.8. The zero-order valence-electron chi connectivity index (χ0n) is 11.8. The van der Waals surface area contributed by atoms with Crippen LogP contribution in [0, 0.1) is 0 Å². The van der Waals surface area contributed by atoms with Gasteiger partial charge in [-0.15, -0.1) is 0 Å². The number of benzene rings is 1. The Morgan fingerprint density at radius 1 is 1.14 bits per heavy atom. The molecule has 22 heavy (non-hydrogen) atoms. The van der Waals surface area contributed by atoms with E-state index in [-0.39, 0.29) is 30.1 Å². The maximum atomic E-state index is 12.7. The summed E-state index contributed by atoms with van der Waals surface area (Å²) in [7, 11) is 0. The molecule has 1 saturated carbocycles. The van der Waals surface area contributed by atoms with Crippen LogP contribution in [0.4, 0.5) is 11.4 Å². The van der Waals surface area contributed by atoms with Crippen molar-refractivity contribution < 1.29 is 9.59 Å². The highest BCUT2D eigenvalue weighted by Gasteiger charge is 2.40. The van der Waals surface area contributed by atoms with E-state index in [0.29, 0.717) is 0 Å². The van der Waals surface area contributed by atoms with E-state index in [0.717, 1.165) is 24.2 Å². The zero-order chi connectivity index (χ0) is 15.1. The fourth-order valence-corrected chi connectivity index (χ4v) is 2.79. The highest BCUT2D eigenvalue weighted by molar-refractivity contribution is 6.15. The Labute approximate surface area is 127 Å². The largest absolute Gasteiger partial charge is 0.306 e. The number of nitrogens with zero attached hydrogens (tertiary/aromatic N) is 4. The number of rotatable bonds is 2. The van der Waals surface area contributed by atoms with Crippen LogP contribution >= 0.6 is 0 Å². The van der Waals surface area contributed by atoms with Crippen LogP contribution in [0.25, 0.3) is 0 Å². The molecule has 1 aromatic carbocycles. The third-order valence-electron chi connectivity index (χ3n) is 3.93. The molecule has 1 aliphatic heterocycles. The molecule has 1 fully saturated rings. The molecule has 1 aromatic heterocycles. The number of fused-ring (bicyclic) bond motifs is 1. The summed E-state index contributed by atoms with van der Waals surface area (Å²) in [5, 5.41) is 0. The molecular weight excluding hydrogens is 280 g/mol. The molecule has 0 atom stereocenters. The first kappa shape index (κ1) is 12.9. The minimum absolute atomic E-state index is 0.0431. The minimum Gasteiger partial charge on any atom is -0.306 e. The number of aromatic nitrogens is 2. The monoisotopic (exact) mass is 294 g/mol. The van der Waals surface area contributed by atoms with Gasteiger partial charge in [0, 0.05) is 18.4 Å². The highest BCUT2D eigenvalue weighted by atomic mass is 16.2. The van der Waals surface area contributed by atoms with Gasteiger partial charge >= 0.3 is 0 Å². The van der Waals surface area contributed by atoms with E-state index in [1.807, 2.05) is 29.2 Å². The summed E-state index contributed by atoms with van der Waals surface area (Å²) < 4.78 is 0. The second-order valence-corrected chi connectivity index (χ2v) is 5.47. The van der Waals surface area contributed by atoms with Crippen molar-refractivity contribution in [2.24, 2.45) is 0 Å². The van der Waals surface area contributed by atoms with Gasteiger partial charge in [0.1, 0.15) is 12.2 Å². The molecule has 2 heterocycles. The number of para-hydroxylation sites is 2. The predicted octanol–water partition coefficient (Wildman–Crippen LogP) is 1.63. The lowest BCUT2D eigenvalue weighted by Crippen LogP contribution is -2.49. The molecule has 0 saturated heterocycles. The van der Waals surface area contributed by atoms with Gasteiger partial charge in [-0.25, -0.2) is 4.98 Å². The van der Waals surface area contributed by atoms with Gasteiger partial charge in [-0.2, -0.15) is 0 Å². The molecule has 2 aromatic rings. The van der Waals surface area contributed by atoms with Crippen LogP contribution in [0.3, 0.4) is 0 Å². The first-order valence-corrected chi connectivity index (χ1v) is 7.24. The van der Waals surface area contributed by atoms with Crippen molar-refractivity contribution in [2.75, 3.05) is 16.3 Å². The number of carbonyl (C=O) groups excluding carboxylic acids is 2. The molecule has 110 valence electrons. The Morgan fingerprint density at radius 2 is 1.91 bits per heavy atom. The summed E-state index contributed by atoms with van der Waals surface area (Å²) in [4.78, 5) is 36.4. The summed E-state index contributed by atoms with van der Waals surface area (Å²) >= 11 is 0. The average Bonchev–Trinajstić information content (AvgIpc) is 3.39. The summed E-state index contributed by atoms with van der Waals surface area (Å²) in [6.07, 6.45) is 6.46. The number of anilines is 2. The van der Waals surface area contributed by atoms with E-state index >= 15 is 0 Å². The van der Waals surface area contributed by atoms with Gasteiger partial charge in [-0.05, 0) is 25.0 Å². The number of hydrogen-bond donors (Lipinski definition) is 0. The first-order valence-electron chi connectivity index (χ1n) is 7.24. The highest BCUT2D eigenvalue weighted by Crippen LogP contribution is 2.40. The maximum Gasteiger partial charge on any atom is 0.279 e. The van der Waals surface area contributed by atoms with Crippen molar-refractivity contribution in [3.8, 4) is 0 Å². The fraction of sp³-hybridized carbons (Fsp3) is 0.250. The van der Waals surface area contributed by atoms with Crippen LogP contribution in [-0.2, 0) is 4.79 Å². The molecule has 0 unspecified atom stereocenters. The van der Waals surface area contributed by atoms with Crippen molar-refractivity contribution >= 4 is 23.2 Å². The van der Waals surface area contributed by atoms with Crippen LogP contribution in [-0.4, -0.2) is 34.4 Å². The SMILES string of the molecule is O=C(c1cnccn1)N1CC(=O)N(C2CC2)c2ccccc21. The van der Waals surface area contributed by atoms with Crippen LogP contribution in [0.1, 0.15) is 23.3 Å². The summed E-state index contributed by atoms with van der Waals surface area (Å²) in [5.41, 5.74) is 1.80. The van der Waals surface area contributed by atoms with Crippen molar-refractivity contribution in [1.29, 1.82) is 0 Å². The predicted molar refractivity (Wildman–Crippen MR) is 80.7 cm³/mol. The second-order valence-electron chi connectivity index (χ2n) is 5.47. The average molecular weight is 294 g/mol. The van der Waals surface area contributed by atoms with E-state index in [2.05, 4.69) is 9.97 Å². The van der Waals surface area contributed by atoms with Crippen molar-refractivity contribution in [1.82, 2.24) is 9.97 Å². The topological polar surface area (TPSA) is 66.4 Å². The lowest BCUT2D eigenvalue weighted by Gasteiger charge is -2.36. The van der Waals surface area contributed by atoms with E-state index in [4.69, 9.17) is 0 Å². The molecule has 0 bridgehead atoms. The van der Waals surface area contributed by atoms with Gasteiger partial charge in [-0.1, -0.05) is 12.1 Å². The Morgan fingerprint density at radius 3 is 2.59 bits per heavy atom. The van der Waals surface area contributed by atoms with Crippen molar-refractivity contribution in [3.63, 3.8) is 0 Å². The zero-order valence-corrected chi connectivity index (χ0v) is 11.8. The van der Waals surface area contributed by atoms with Crippen LogP contribution < -0.4 is 9.80 Å². The van der Waals surface area contributed by atoms with Gasteiger partial charge in [-0.3, -0.25) is 19.5 Å². The van der Waals surface area contributed by atoms with Crippen LogP contribution in [0.2, 0.25) is 0 Å². The maximum absolute atomic E-state index is 12.7. The molecule has 6 nitrogen and oxygen atoms in total. The standard InChI is InChI=1S/C16H14N4O2/c21-15-10-19(16(22)12-9-17-7-8-18-12)13-3-1-2-4-14(13)20(15)11-5-6-11/h1-4,7-9,11H,5-6,10H2. The van der Waals surface area contributed by atoms with E-state index in [1.54, 1.807) is 0 Å². The smallest absolute Gasteiger partial charge is 0.279 e. The lowest BCUT2D eigenvalue weighted by atomic mass is 10.1. The van der Waals surface area contributed by atoms with Gasteiger partial charge in [0.2, 0.25) is 5.91 Å². The number of carbonyl (C=O) groups is 2. The van der Waals surface area contributed by atoms with Gasteiger partial charge < -0.3 is 4.90 Å².